The van der Waals surface area contributed by atoms with Gasteiger partial charge in [0.25, 0.3) is 0 Å². The molecule has 0 saturated heterocycles. The Balaban J connectivity index is 2.01. The van der Waals surface area contributed by atoms with Gasteiger partial charge in [0.1, 0.15) is 12.4 Å². The summed E-state index contributed by atoms with van der Waals surface area (Å²) in [6.45, 7) is 4.05. The second-order valence-electron chi connectivity index (χ2n) is 5.33. The highest BCUT2D eigenvalue weighted by molar-refractivity contribution is 4.95. The van der Waals surface area contributed by atoms with Crippen LogP contribution in [0.25, 0.3) is 0 Å². The Morgan fingerprint density at radius 1 is 1.21 bits per heavy atom. The zero-order valence-corrected chi connectivity index (χ0v) is 12.5. The van der Waals surface area contributed by atoms with Gasteiger partial charge in [-0.3, -0.25) is 0 Å². The Bertz CT molecular complexity index is 274. The highest BCUT2D eigenvalue weighted by Gasteiger charge is 2.20. The van der Waals surface area contributed by atoms with E-state index in [4.69, 9.17) is 0 Å². The van der Waals surface area contributed by atoms with Gasteiger partial charge in [-0.15, -0.1) is 0 Å². The third-order valence-corrected chi connectivity index (χ3v) is 3.57. The van der Waals surface area contributed by atoms with Gasteiger partial charge in [-0.1, -0.05) is 44.8 Å². The van der Waals surface area contributed by atoms with Crippen LogP contribution in [0.2, 0.25) is 0 Å². The van der Waals surface area contributed by atoms with Crippen LogP contribution in [0.15, 0.2) is 24.6 Å². The van der Waals surface area contributed by atoms with Crippen molar-refractivity contribution in [2.24, 2.45) is 0 Å². The number of hydrogen-bond donors (Lipinski definition) is 2. The van der Waals surface area contributed by atoms with Gasteiger partial charge in [-0.05, 0) is 32.6 Å². The van der Waals surface area contributed by atoms with Crippen molar-refractivity contribution in [2.75, 3.05) is 0 Å². The maximum atomic E-state index is 9.58. The first-order valence-electron chi connectivity index (χ1n) is 7.79. The number of hydrogen-bond acceptors (Lipinski definition) is 3. The van der Waals surface area contributed by atoms with Crippen molar-refractivity contribution in [1.29, 1.82) is 0 Å². The monoisotopic (exact) mass is 266 g/mol. The van der Waals surface area contributed by atoms with Gasteiger partial charge in [-0.2, -0.15) is 0 Å². The molecule has 1 aliphatic heterocycles. The van der Waals surface area contributed by atoms with Crippen molar-refractivity contribution in [3.63, 3.8) is 0 Å². The molecule has 19 heavy (non-hydrogen) atoms. The fourth-order valence-electron chi connectivity index (χ4n) is 2.40. The summed E-state index contributed by atoms with van der Waals surface area (Å²) in [5, 5.41) is 12.8. The topological polar surface area (TPSA) is 35.5 Å². The fraction of sp³-hybridized carbons (Fsp3) is 0.750. The number of aliphatic hydroxyl groups is 1. The Hall–Kier alpha value is -0.960. The van der Waals surface area contributed by atoms with Crippen molar-refractivity contribution in [3.05, 3.63) is 24.6 Å². The number of unbranched alkanes of at least 4 members (excludes halogenated alkanes) is 5. The first-order chi connectivity index (χ1) is 9.25. The minimum Gasteiger partial charge on any atom is -0.374 e. The van der Waals surface area contributed by atoms with Crippen LogP contribution >= 0.6 is 0 Å². The van der Waals surface area contributed by atoms with Gasteiger partial charge < -0.3 is 15.3 Å². The molecule has 0 fully saturated rings. The smallest absolute Gasteiger partial charge is 0.125 e. The average molecular weight is 266 g/mol. The molecule has 1 rings (SSSR count). The summed E-state index contributed by atoms with van der Waals surface area (Å²) < 4.78 is 0. The Labute approximate surface area is 118 Å². The number of rotatable bonds is 10. The Kier molecular flexibility index (Phi) is 8.39. The molecule has 3 heteroatoms. The number of aliphatic hydroxyl groups excluding tert-OH is 1. The van der Waals surface area contributed by atoms with Gasteiger partial charge in [0, 0.05) is 12.4 Å². The van der Waals surface area contributed by atoms with E-state index >= 15 is 0 Å². The molecule has 3 nitrogen and oxygen atoms in total. The van der Waals surface area contributed by atoms with Crippen molar-refractivity contribution in [1.82, 2.24) is 10.2 Å². The van der Waals surface area contributed by atoms with Crippen molar-refractivity contribution >= 4 is 0 Å². The highest BCUT2D eigenvalue weighted by atomic mass is 16.3. The lowest BCUT2D eigenvalue weighted by Gasteiger charge is -2.27. The second-order valence-corrected chi connectivity index (χ2v) is 5.33. The van der Waals surface area contributed by atoms with E-state index in [0.717, 1.165) is 12.8 Å². The standard InChI is InChI=1S/C16H30N2O/c1-3-4-5-6-7-8-9-10-11-12-16-17-13-14-18(16)15(2)19/h9-10,13-17,19H,3-8,11-12H2,1-2H3/b10-9+. The first kappa shape index (κ1) is 16.1. The van der Waals surface area contributed by atoms with Crippen molar-refractivity contribution in [2.45, 2.75) is 77.6 Å². The summed E-state index contributed by atoms with van der Waals surface area (Å²) in [5.41, 5.74) is 0. The van der Waals surface area contributed by atoms with Gasteiger partial charge in [0.05, 0.1) is 0 Å². The van der Waals surface area contributed by atoms with E-state index in [1.54, 1.807) is 6.92 Å². The number of nitrogens with one attached hydrogen (secondary N) is 1. The lowest BCUT2D eigenvalue weighted by atomic mass is 10.1. The van der Waals surface area contributed by atoms with Crippen LogP contribution in [0.1, 0.15) is 65.2 Å². The molecule has 0 aromatic rings. The van der Waals surface area contributed by atoms with Gasteiger partial charge in [-0.25, -0.2) is 0 Å². The Morgan fingerprint density at radius 2 is 1.95 bits per heavy atom. The fourth-order valence-corrected chi connectivity index (χ4v) is 2.40. The molecule has 0 bridgehead atoms. The molecule has 0 radical (unpaired) electrons. The van der Waals surface area contributed by atoms with Crippen LogP contribution in [-0.2, 0) is 0 Å². The molecule has 2 atom stereocenters. The summed E-state index contributed by atoms with van der Waals surface area (Å²) in [4.78, 5) is 1.96. The van der Waals surface area contributed by atoms with E-state index in [1.807, 2.05) is 17.3 Å². The normalized spacial score (nSPS) is 20.2. The van der Waals surface area contributed by atoms with Crippen LogP contribution in [0.4, 0.5) is 0 Å². The molecule has 110 valence electrons. The van der Waals surface area contributed by atoms with Crippen LogP contribution in [-0.4, -0.2) is 22.4 Å². The third kappa shape index (κ3) is 6.67. The first-order valence-corrected chi connectivity index (χ1v) is 7.79. The molecular formula is C16H30N2O. The molecule has 0 aliphatic carbocycles. The summed E-state index contributed by atoms with van der Waals surface area (Å²) in [5.74, 6) is 0. The maximum Gasteiger partial charge on any atom is 0.125 e. The minimum absolute atomic E-state index is 0.245. The molecule has 0 amide bonds. The van der Waals surface area contributed by atoms with E-state index in [-0.39, 0.29) is 6.17 Å². The van der Waals surface area contributed by atoms with E-state index < -0.39 is 6.23 Å². The molecular weight excluding hydrogens is 236 g/mol. The molecule has 2 unspecified atom stereocenters. The van der Waals surface area contributed by atoms with Crippen molar-refractivity contribution < 1.29 is 5.11 Å². The maximum absolute atomic E-state index is 9.58. The largest absolute Gasteiger partial charge is 0.374 e. The molecule has 0 spiro atoms. The van der Waals surface area contributed by atoms with Crippen LogP contribution in [0.5, 0.6) is 0 Å². The summed E-state index contributed by atoms with van der Waals surface area (Å²) >= 11 is 0. The molecule has 1 aliphatic rings. The Morgan fingerprint density at radius 3 is 2.68 bits per heavy atom. The zero-order valence-electron chi connectivity index (χ0n) is 12.5. The molecule has 0 saturated carbocycles. The molecule has 0 aromatic carbocycles. The molecule has 1 heterocycles. The number of nitrogens with zero attached hydrogens (tertiary/aromatic N) is 1. The second kappa shape index (κ2) is 9.90. The summed E-state index contributed by atoms with van der Waals surface area (Å²) in [6.07, 6.45) is 18.3. The summed E-state index contributed by atoms with van der Waals surface area (Å²) in [6, 6.07) is 0. The third-order valence-electron chi connectivity index (χ3n) is 3.57. The lowest BCUT2D eigenvalue weighted by Crippen LogP contribution is -2.40. The van der Waals surface area contributed by atoms with E-state index in [9.17, 15) is 5.11 Å². The number of allylic oxidation sites excluding steroid dienone is 2. The van der Waals surface area contributed by atoms with E-state index in [2.05, 4.69) is 24.4 Å². The van der Waals surface area contributed by atoms with E-state index in [0.29, 0.717) is 0 Å². The summed E-state index contributed by atoms with van der Waals surface area (Å²) in [7, 11) is 0. The average Bonchev–Trinajstić information content (AvgIpc) is 2.85. The van der Waals surface area contributed by atoms with Crippen molar-refractivity contribution in [3.8, 4) is 0 Å². The SMILES string of the molecule is CCCCCCC/C=C/CCC1NC=CN1C(C)O. The van der Waals surface area contributed by atoms with Gasteiger partial charge in [0.2, 0.25) is 0 Å². The minimum atomic E-state index is -0.418. The van der Waals surface area contributed by atoms with Gasteiger partial charge in [0.15, 0.2) is 0 Å². The van der Waals surface area contributed by atoms with Crippen LogP contribution < -0.4 is 5.32 Å². The molecule has 0 aromatic heterocycles. The lowest BCUT2D eigenvalue weighted by molar-refractivity contribution is 0.0264. The van der Waals surface area contributed by atoms with E-state index in [1.165, 1.54) is 38.5 Å². The molecule has 2 N–H and O–H groups in total. The van der Waals surface area contributed by atoms with Crippen LogP contribution in [0, 0.1) is 0 Å². The predicted molar refractivity (Wildman–Crippen MR) is 81.3 cm³/mol. The quantitative estimate of drug-likeness (QED) is 0.467. The zero-order chi connectivity index (χ0) is 13.9. The van der Waals surface area contributed by atoms with Crippen LogP contribution in [0.3, 0.4) is 0 Å². The predicted octanol–water partition coefficient (Wildman–Crippen LogP) is 3.72. The van der Waals surface area contributed by atoms with Gasteiger partial charge >= 0.3 is 0 Å². The highest BCUT2D eigenvalue weighted by Crippen LogP contribution is 2.13.